The summed E-state index contributed by atoms with van der Waals surface area (Å²) in [7, 11) is 1.76. The fraction of sp³-hybridized carbons (Fsp3) is 0.538. The van der Waals surface area contributed by atoms with Gasteiger partial charge < -0.3 is 10.1 Å². The van der Waals surface area contributed by atoms with Crippen molar-refractivity contribution in [1.29, 1.82) is 0 Å². The van der Waals surface area contributed by atoms with Gasteiger partial charge in [0.25, 0.3) is 0 Å². The minimum absolute atomic E-state index is 0. The second-order valence-corrected chi connectivity index (χ2v) is 4.18. The van der Waals surface area contributed by atoms with E-state index in [1.165, 1.54) is 5.56 Å². The molecule has 0 aliphatic heterocycles. The molecule has 2 unspecified atom stereocenters. The van der Waals surface area contributed by atoms with E-state index in [9.17, 15) is 0 Å². The Morgan fingerprint density at radius 2 is 1.62 bits per heavy atom. The van der Waals surface area contributed by atoms with E-state index in [2.05, 4.69) is 38.2 Å². The Morgan fingerprint density at radius 1 is 1.06 bits per heavy atom. The van der Waals surface area contributed by atoms with Gasteiger partial charge in [0.15, 0.2) is 0 Å². The minimum atomic E-state index is 0. The molecule has 0 aromatic heterocycles. The topological polar surface area (TPSA) is 21.3 Å². The molecule has 0 saturated carbocycles. The molecule has 0 radical (unpaired) electrons. The summed E-state index contributed by atoms with van der Waals surface area (Å²) >= 11 is 0. The van der Waals surface area contributed by atoms with Crippen LogP contribution in [0, 0.1) is 0 Å². The average Bonchev–Trinajstić information content (AvgIpc) is 2.19. The fourth-order valence-corrected chi connectivity index (χ4v) is 1.88. The van der Waals surface area contributed by atoms with Crippen molar-refractivity contribution in [2.24, 2.45) is 0 Å². The summed E-state index contributed by atoms with van der Waals surface area (Å²) in [4.78, 5) is 0. The van der Waals surface area contributed by atoms with E-state index < -0.39 is 0 Å². The van der Waals surface area contributed by atoms with Crippen molar-refractivity contribution in [2.45, 2.75) is 39.0 Å². The van der Waals surface area contributed by atoms with Gasteiger partial charge in [-0.1, -0.05) is 44.2 Å². The second-order valence-electron chi connectivity index (χ2n) is 4.18. The van der Waals surface area contributed by atoms with Gasteiger partial charge in [-0.2, -0.15) is 0 Å². The zero-order chi connectivity index (χ0) is 11.3. The Kier molecular flexibility index (Phi) is 7.79. The fourth-order valence-electron chi connectivity index (χ4n) is 1.88. The largest absolute Gasteiger partial charge is 1.00 e. The Balaban J connectivity index is 0.00000225. The molecule has 0 fully saturated rings. The molecule has 2 atom stereocenters. The number of rotatable bonds is 5. The van der Waals surface area contributed by atoms with Gasteiger partial charge in [-0.25, -0.2) is 0 Å². The van der Waals surface area contributed by atoms with Crippen LogP contribution in [0.5, 0.6) is 0 Å². The summed E-state index contributed by atoms with van der Waals surface area (Å²) in [5, 5.41) is 3.47. The van der Waals surface area contributed by atoms with Crippen LogP contribution in [-0.2, 0) is 4.74 Å². The molecule has 1 rings (SSSR count). The van der Waals surface area contributed by atoms with Gasteiger partial charge >= 0.3 is 18.9 Å². The zero-order valence-electron chi connectivity index (χ0n) is 11.0. The van der Waals surface area contributed by atoms with Crippen molar-refractivity contribution >= 4 is 0 Å². The van der Waals surface area contributed by atoms with Gasteiger partial charge in [-0.05, 0) is 12.5 Å². The maximum Gasteiger partial charge on any atom is 1.00 e. The number of hydrogen-bond acceptors (Lipinski definition) is 2. The molecule has 84 valence electrons. The molecule has 16 heavy (non-hydrogen) atoms. The molecule has 3 heteroatoms. The number of methoxy groups -OCH3 is 1. The van der Waals surface area contributed by atoms with E-state index in [-0.39, 0.29) is 25.0 Å². The van der Waals surface area contributed by atoms with Gasteiger partial charge in [0.05, 0.1) is 6.10 Å². The smallest absolute Gasteiger partial charge is 0.375 e. The van der Waals surface area contributed by atoms with Crippen LogP contribution in [0.25, 0.3) is 0 Å². The van der Waals surface area contributed by atoms with E-state index in [0.717, 1.165) is 0 Å². The molecule has 1 N–H and O–H groups in total. The first-order valence-electron chi connectivity index (χ1n) is 5.49. The normalized spacial score (nSPS) is 14.3. The molecule has 0 amide bonds. The average molecular weight is 214 g/mol. The quantitative estimate of drug-likeness (QED) is 0.683. The molecule has 0 spiro atoms. The van der Waals surface area contributed by atoms with E-state index in [0.29, 0.717) is 12.1 Å². The molecule has 0 saturated heterocycles. The molecule has 1 aromatic carbocycles. The van der Waals surface area contributed by atoms with Gasteiger partial charge in [-0.3, -0.25) is 0 Å². The van der Waals surface area contributed by atoms with Crippen LogP contribution in [0.15, 0.2) is 30.3 Å². The van der Waals surface area contributed by atoms with Crippen LogP contribution in [0.3, 0.4) is 0 Å². The Hall–Kier alpha value is -0.263. The molecule has 1 aromatic rings. The van der Waals surface area contributed by atoms with Crippen LogP contribution in [0.2, 0.25) is 0 Å². The van der Waals surface area contributed by atoms with Gasteiger partial charge in [-0.15, -0.1) is 0 Å². The summed E-state index contributed by atoms with van der Waals surface area (Å²) in [5.74, 6) is 0. The summed E-state index contributed by atoms with van der Waals surface area (Å²) < 4.78 is 5.54. The molecule has 0 aliphatic rings. The summed E-state index contributed by atoms with van der Waals surface area (Å²) in [5.41, 5.74) is 1.22. The van der Waals surface area contributed by atoms with Gasteiger partial charge in [0.2, 0.25) is 0 Å². The Labute approximate surface area is 111 Å². The number of nitrogens with one attached hydrogen (secondary N) is 1. The van der Waals surface area contributed by atoms with Crippen molar-refractivity contribution in [2.75, 3.05) is 7.11 Å². The van der Waals surface area contributed by atoms with E-state index in [4.69, 9.17) is 4.74 Å². The van der Waals surface area contributed by atoms with Crippen molar-refractivity contribution in [3.8, 4) is 0 Å². The first kappa shape index (κ1) is 15.7. The van der Waals surface area contributed by atoms with Crippen LogP contribution in [-0.4, -0.2) is 19.2 Å². The van der Waals surface area contributed by atoms with E-state index in [1.807, 2.05) is 18.2 Å². The molecule has 0 heterocycles. The zero-order valence-corrected chi connectivity index (χ0v) is 11.0. The minimum Gasteiger partial charge on any atom is -0.375 e. The summed E-state index contributed by atoms with van der Waals surface area (Å²) in [6.45, 7) is 6.45. The Bertz CT molecular complexity index is 277. The number of ether oxygens (including phenoxy) is 1. The first-order valence-corrected chi connectivity index (χ1v) is 5.49. The predicted octanol–water partition coefficient (Wildman–Crippen LogP) is -0.235. The van der Waals surface area contributed by atoms with Crippen molar-refractivity contribution < 1.29 is 23.6 Å². The van der Waals surface area contributed by atoms with Crippen LogP contribution in [0.4, 0.5) is 0 Å². The monoisotopic (exact) mass is 214 g/mol. The first-order chi connectivity index (χ1) is 7.15. The van der Waals surface area contributed by atoms with Crippen molar-refractivity contribution in [3.63, 3.8) is 0 Å². The maximum absolute atomic E-state index is 5.54. The number of hydrogen-bond donors (Lipinski definition) is 1. The third-order valence-electron chi connectivity index (χ3n) is 2.43. The summed E-state index contributed by atoms with van der Waals surface area (Å²) in [6.07, 6.45) is 0.119. The van der Waals surface area contributed by atoms with Crippen molar-refractivity contribution in [1.82, 2.24) is 5.32 Å². The van der Waals surface area contributed by atoms with Crippen LogP contribution >= 0.6 is 0 Å². The molecule has 0 aliphatic carbocycles. The molecular weight excluding hydrogens is 193 g/mol. The maximum atomic E-state index is 5.54. The van der Waals surface area contributed by atoms with Crippen molar-refractivity contribution in [3.05, 3.63) is 35.9 Å². The van der Waals surface area contributed by atoms with E-state index in [1.54, 1.807) is 7.11 Å². The molecular formula is C13H21LiNO+. The third-order valence-corrected chi connectivity index (χ3v) is 2.43. The van der Waals surface area contributed by atoms with E-state index >= 15 is 0 Å². The molecule has 2 nitrogen and oxygen atoms in total. The van der Waals surface area contributed by atoms with Gasteiger partial charge in [0.1, 0.15) is 0 Å². The van der Waals surface area contributed by atoms with Gasteiger partial charge in [0, 0.05) is 19.2 Å². The van der Waals surface area contributed by atoms with Crippen LogP contribution in [0.1, 0.15) is 32.4 Å². The predicted molar refractivity (Wildman–Crippen MR) is 63.9 cm³/mol. The van der Waals surface area contributed by atoms with Crippen LogP contribution < -0.4 is 24.2 Å². The Morgan fingerprint density at radius 3 is 2.06 bits per heavy atom. The SMILES string of the molecule is COC(c1ccccc1)C(C)NC(C)C.[Li+]. The summed E-state index contributed by atoms with van der Waals surface area (Å²) in [6, 6.07) is 11.1. The molecule has 0 bridgehead atoms. The third kappa shape index (κ3) is 4.72. The number of benzene rings is 1. The standard InChI is InChI=1S/C13H21NO.Li/c1-10(2)14-11(3)13(15-4)12-8-6-5-7-9-12;/h5-11,13-14H,1-4H3;/q;+1. The second kappa shape index (κ2) is 7.92.